The van der Waals surface area contributed by atoms with E-state index in [1.54, 1.807) is 12.1 Å². The van der Waals surface area contributed by atoms with E-state index in [-0.39, 0.29) is 11.4 Å². The zero-order chi connectivity index (χ0) is 18.4. The molecule has 1 unspecified atom stereocenters. The molecule has 0 fully saturated rings. The van der Waals surface area contributed by atoms with Gasteiger partial charge in [-0.1, -0.05) is 18.2 Å². The lowest BCUT2D eigenvalue weighted by Crippen LogP contribution is -2.44. The minimum atomic E-state index is -3.92. The highest BCUT2D eigenvalue weighted by Gasteiger charge is 2.22. The van der Waals surface area contributed by atoms with Crippen LogP contribution in [0, 0.1) is 5.82 Å². The molecule has 6 nitrogen and oxygen atoms in total. The lowest BCUT2D eigenvalue weighted by atomic mass is 10.2. The van der Waals surface area contributed by atoms with Crippen molar-refractivity contribution in [3.8, 4) is 5.75 Å². The second-order valence-electron chi connectivity index (χ2n) is 5.33. The Kier molecular flexibility index (Phi) is 6.11. The molecule has 0 heterocycles. The van der Waals surface area contributed by atoms with Crippen molar-refractivity contribution < 1.29 is 22.3 Å². The molecule has 0 saturated heterocycles. The molecule has 2 aromatic carbocycles. The number of hydrogen-bond acceptors (Lipinski definition) is 4. The van der Waals surface area contributed by atoms with Crippen molar-refractivity contribution in [3.63, 3.8) is 0 Å². The molecular formula is C17H19FN2O4S. The number of hydrogen-bond donors (Lipinski definition) is 2. The molecule has 0 radical (unpaired) electrons. The second kappa shape index (κ2) is 8.09. The minimum Gasteiger partial charge on any atom is -0.496 e. The highest BCUT2D eigenvalue weighted by molar-refractivity contribution is 7.89. The first-order valence-corrected chi connectivity index (χ1v) is 8.99. The summed E-state index contributed by atoms with van der Waals surface area (Å²) in [6, 6.07) is 10.5. The Morgan fingerprint density at radius 3 is 2.44 bits per heavy atom. The smallest absolute Gasteiger partial charge is 0.241 e. The number of carbonyl (C=O) groups excluding carboxylic acids is 1. The van der Waals surface area contributed by atoms with E-state index >= 15 is 0 Å². The summed E-state index contributed by atoms with van der Waals surface area (Å²) in [5.74, 6) is -0.402. The highest BCUT2D eigenvalue weighted by atomic mass is 32.2. The van der Waals surface area contributed by atoms with Gasteiger partial charge in [0, 0.05) is 12.1 Å². The number of amides is 1. The van der Waals surface area contributed by atoms with Crippen LogP contribution in [0.4, 0.5) is 4.39 Å². The van der Waals surface area contributed by atoms with E-state index in [0.29, 0.717) is 5.75 Å². The predicted octanol–water partition coefficient (Wildman–Crippen LogP) is 1.82. The monoisotopic (exact) mass is 366 g/mol. The highest BCUT2D eigenvalue weighted by Crippen LogP contribution is 2.16. The van der Waals surface area contributed by atoms with Gasteiger partial charge in [-0.3, -0.25) is 4.79 Å². The number of sulfonamides is 1. The van der Waals surface area contributed by atoms with Gasteiger partial charge in [-0.25, -0.2) is 12.8 Å². The number of benzene rings is 2. The average molecular weight is 366 g/mol. The Labute approximate surface area is 146 Å². The Bertz CT molecular complexity index is 838. The molecule has 1 amide bonds. The molecule has 1 atom stereocenters. The Hall–Kier alpha value is -2.45. The summed E-state index contributed by atoms with van der Waals surface area (Å²) in [7, 11) is -2.39. The fraction of sp³-hybridized carbons (Fsp3) is 0.235. The molecular weight excluding hydrogens is 347 g/mol. The first-order chi connectivity index (χ1) is 11.8. The van der Waals surface area contributed by atoms with Gasteiger partial charge in [0.25, 0.3) is 0 Å². The molecule has 8 heteroatoms. The molecule has 25 heavy (non-hydrogen) atoms. The number of halogens is 1. The van der Waals surface area contributed by atoms with E-state index in [9.17, 15) is 17.6 Å². The molecule has 0 spiro atoms. The number of rotatable bonds is 7. The van der Waals surface area contributed by atoms with E-state index in [2.05, 4.69) is 10.0 Å². The molecule has 2 aromatic rings. The summed E-state index contributed by atoms with van der Waals surface area (Å²) in [4.78, 5) is 12.0. The van der Waals surface area contributed by atoms with Gasteiger partial charge in [-0.2, -0.15) is 4.72 Å². The Balaban J connectivity index is 1.99. The van der Waals surface area contributed by atoms with Crippen molar-refractivity contribution in [2.24, 2.45) is 0 Å². The van der Waals surface area contributed by atoms with Crippen molar-refractivity contribution in [2.45, 2.75) is 24.4 Å². The van der Waals surface area contributed by atoms with Gasteiger partial charge in [0.2, 0.25) is 15.9 Å². The largest absolute Gasteiger partial charge is 0.496 e. The maximum atomic E-state index is 12.9. The lowest BCUT2D eigenvalue weighted by molar-refractivity contribution is -0.122. The maximum Gasteiger partial charge on any atom is 0.241 e. The molecule has 2 N–H and O–H groups in total. The predicted molar refractivity (Wildman–Crippen MR) is 91.0 cm³/mol. The van der Waals surface area contributed by atoms with Crippen LogP contribution < -0.4 is 14.8 Å². The van der Waals surface area contributed by atoms with Crippen LogP contribution in [0.15, 0.2) is 53.4 Å². The van der Waals surface area contributed by atoms with E-state index in [4.69, 9.17) is 4.74 Å². The first kappa shape index (κ1) is 18.9. The van der Waals surface area contributed by atoms with Crippen LogP contribution in [0.3, 0.4) is 0 Å². The summed E-state index contributed by atoms with van der Waals surface area (Å²) in [6.45, 7) is 1.63. The maximum absolute atomic E-state index is 12.9. The Morgan fingerprint density at radius 2 is 1.80 bits per heavy atom. The van der Waals surface area contributed by atoms with Crippen LogP contribution in [0.1, 0.15) is 12.5 Å². The van der Waals surface area contributed by atoms with Crippen LogP contribution in [0.2, 0.25) is 0 Å². The van der Waals surface area contributed by atoms with Crippen molar-refractivity contribution in [3.05, 3.63) is 59.9 Å². The third-order valence-corrected chi connectivity index (χ3v) is 5.05. The number of ether oxygens (including phenoxy) is 1. The molecule has 0 saturated carbocycles. The molecule has 134 valence electrons. The summed E-state index contributed by atoms with van der Waals surface area (Å²) in [6.07, 6.45) is 0. The quantitative estimate of drug-likeness (QED) is 0.783. The van der Waals surface area contributed by atoms with E-state index in [0.717, 1.165) is 29.8 Å². The third-order valence-electron chi connectivity index (χ3n) is 3.49. The van der Waals surface area contributed by atoms with Crippen LogP contribution >= 0.6 is 0 Å². The van der Waals surface area contributed by atoms with Gasteiger partial charge in [-0.15, -0.1) is 0 Å². The summed E-state index contributed by atoms with van der Waals surface area (Å²) in [5, 5.41) is 2.65. The van der Waals surface area contributed by atoms with Crippen LogP contribution in [-0.4, -0.2) is 27.5 Å². The Morgan fingerprint density at radius 1 is 1.16 bits per heavy atom. The first-order valence-electron chi connectivity index (χ1n) is 7.51. The van der Waals surface area contributed by atoms with E-state index < -0.39 is 27.8 Å². The zero-order valence-corrected chi connectivity index (χ0v) is 14.6. The molecule has 0 aliphatic carbocycles. The van der Waals surface area contributed by atoms with Crippen LogP contribution in [0.25, 0.3) is 0 Å². The third kappa shape index (κ3) is 5.01. The standard InChI is InChI=1S/C17H19FN2O4S/c1-12(20-25(22,23)15-9-7-14(18)8-10-15)17(21)19-11-13-5-3-4-6-16(13)24-2/h3-10,12,20H,11H2,1-2H3,(H,19,21). The van der Waals surface area contributed by atoms with E-state index in [1.165, 1.54) is 14.0 Å². The normalized spacial score (nSPS) is 12.4. The molecule has 0 aromatic heterocycles. The summed E-state index contributed by atoms with van der Waals surface area (Å²) < 4.78 is 44.8. The number of nitrogens with one attached hydrogen (secondary N) is 2. The molecule has 0 aliphatic heterocycles. The SMILES string of the molecule is COc1ccccc1CNC(=O)C(C)NS(=O)(=O)c1ccc(F)cc1. The van der Waals surface area contributed by atoms with Gasteiger partial charge in [-0.05, 0) is 37.3 Å². The van der Waals surface area contributed by atoms with Gasteiger partial charge in [0.15, 0.2) is 0 Å². The van der Waals surface area contributed by atoms with Crippen molar-refractivity contribution >= 4 is 15.9 Å². The van der Waals surface area contributed by atoms with E-state index in [1.807, 2.05) is 12.1 Å². The lowest BCUT2D eigenvalue weighted by Gasteiger charge is -2.15. The van der Waals surface area contributed by atoms with Gasteiger partial charge >= 0.3 is 0 Å². The molecule has 2 rings (SSSR count). The van der Waals surface area contributed by atoms with Crippen LogP contribution in [0.5, 0.6) is 5.75 Å². The summed E-state index contributed by atoms with van der Waals surface area (Å²) >= 11 is 0. The van der Waals surface area contributed by atoms with Crippen molar-refractivity contribution in [1.29, 1.82) is 0 Å². The van der Waals surface area contributed by atoms with Gasteiger partial charge in [0.05, 0.1) is 18.0 Å². The van der Waals surface area contributed by atoms with Gasteiger partial charge in [0.1, 0.15) is 11.6 Å². The second-order valence-corrected chi connectivity index (χ2v) is 7.04. The van der Waals surface area contributed by atoms with Crippen molar-refractivity contribution in [2.75, 3.05) is 7.11 Å². The van der Waals surface area contributed by atoms with Crippen molar-refractivity contribution in [1.82, 2.24) is 10.0 Å². The van der Waals surface area contributed by atoms with Gasteiger partial charge < -0.3 is 10.1 Å². The molecule has 0 aliphatic rings. The molecule has 0 bridgehead atoms. The average Bonchev–Trinajstić information content (AvgIpc) is 2.59. The number of carbonyl (C=O) groups is 1. The number of para-hydroxylation sites is 1. The fourth-order valence-corrected chi connectivity index (χ4v) is 3.36. The topological polar surface area (TPSA) is 84.5 Å². The zero-order valence-electron chi connectivity index (χ0n) is 13.8. The van der Waals surface area contributed by atoms with Crippen LogP contribution in [-0.2, 0) is 21.4 Å². The fourth-order valence-electron chi connectivity index (χ4n) is 2.15. The number of methoxy groups -OCH3 is 1. The summed E-state index contributed by atoms with van der Waals surface area (Å²) in [5.41, 5.74) is 0.770. The minimum absolute atomic E-state index is 0.113.